The van der Waals surface area contributed by atoms with Gasteiger partial charge in [0.2, 0.25) is 0 Å². The van der Waals surface area contributed by atoms with Crippen molar-refractivity contribution in [3.8, 4) is 0 Å². The number of likely N-dealkylation sites (tertiary alicyclic amines) is 1. The zero-order chi connectivity index (χ0) is 15.4. The number of aliphatic carboxylic acids is 1. The molecule has 0 bridgehead atoms. The summed E-state index contributed by atoms with van der Waals surface area (Å²) in [7, 11) is 0. The van der Waals surface area contributed by atoms with E-state index in [0.717, 1.165) is 24.8 Å². The van der Waals surface area contributed by atoms with Crippen LogP contribution in [-0.4, -0.2) is 34.6 Å². The Kier molecular flexibility index (Phi) is 5.07. The molecular weight excluding hydrogens is 292 g/mol. The Balaban J connectivity index is 2.12. The summed E-state index contributed by atoms with van der Waals surface area (Å²) in [6, 6.07) is 4.10. The largest absolute Gasteiger partial charge is 0.480 e. The van der Waals surface area contributed by atoms with E-state index >= 15 is 0 Å². The van der Waals surface area contributed by atoms with Crippen LogP contribution in [0.3, 0.4) is 0 Å². The highest BCUT2D eigenvalue weighted by Gasteiger charge is 2.30. The maximum Gasteiger partial charge on any atom is 0.326 e. The Morgan fingerprint density at radius 1 is 1.33 bits per heavy atom. The van der Waals surface area contributed by atoms with E-state index in [9.17, 15) is 14.7 Å². The minimum Gasteiger partial charge on any atom is -0.480 e. The summed E-state index contributed by atoms with van der Waals surface area (Å²) < 4.78 is 0. The molecule has 0 spiro atoms. The Hall–Kier alpha value is -1.75. The van der Waals surface area contributed by atoms with Crippen molar-refractivity contribution >= 4 is 29.3 Å². The average Bonchev–Trinajstić information content (AvgIpc) is 2.68. The molecule has 0 aromatic heterocycles. The van der Waals surface area contributed by atoms with E-state index in [0.29, 0.717) is 23.7 Å². The second-order valence-electron chi connectivity index (χ2n) is 5.29. The molecule has 1 heterocycles. The maximum atomic E-state index is 12.3. The molecule has 21 heavy (non-hydrogen) atoms. The van der Waals surface area contributed by atoms with Gasteiger partial charge in [0.1, 0.15) is 6.04 Å². The third-order valence-electron chi connectivity index (χ3n) is 3.72. The van der Waals surface area contributed by atoms with E-state index in [-0.39, 0.29) is 6.03 Å². The van der Waals surface area contributed by atoms with Crippen molar-refractivity contribution in [3.05, 3.63) is 28.8 Å². The molecule has 114 valence electrons. The molecular formula is C15H19ClN2O3. The minimum absolute atomic E-state index is 0.385. The van der Waals surface area contributed by atoms with Gasteiger partial charge in [-0.25, -0.2) is 9.59 Å². The summed E-state index contributed by atoms with van der Waals surface area (Å²) in [5.41, 5.74) is 1.50. The Morgan fingerprint density at radius 3 is 2.76 bits per heavy atom. The summed E-state index contributed by atoms with van der Waals surface area (Å²) in [6.07, 6.45) is 3.10. The van der Waals surface area contributed by atoms with Gasteiger partial charge in [-0.1, -0.05) is 30.5 Å². The summed E-state index contributed by atoms with van der Waals surface area (Å²) in [5, 5.41) is 12.6. The third-order valence-corrected chi connectivity index (χ3v) is 4.13. The number of hydrogen-bond donors (Lipinski definition) is 2. The predicted molar refractivity (Wildman–Crippen MR) is 81.8 cm³/mol. The summed E-state index contributed by atoms with van der Waals surface area (Å²) in [6.45, 7) is 2.34. The number of nitrogens with zero attached hydrogens (tertiary/aromatic N) is 1. The Morgan fingerprint density at radius 2 is 2.10 bits per heavy atom. The lowest BCUT2D eigenvalue weighted by atomic mass is 10.1. The van der Waals surface area contributed by atoms with Crippen molar-refractivity contribution in [2.24, 2.45) is 0 Å². The van der Waals surface area contributed by atoms with Crippen LogP contribution in [-0.2, 0) is 4.79 Å². The van der Waals surface area contributed by atoms with Gasteiger partial charge in [0.25, 0.3) is 0 Å². The van der Waals surface area contributed by atoms with Gasteiger partial charge in [0.05, 0.1) is 0 Å². The van der Waals surface area contributed by atoms with Crippen LogP contribution in [0.1, 0.15) is 31.2 Å². The molecule has 1 aliphatic rings. The molecule has 1 fully saturated rings. The number of halogens is 1. The first-order chi connectivity index (χ1) is 9.99. The van der Waals surface area contributed by atoms with Crippen LogP contribution in [0.2, 0.25) is 5.02 Å². The smallest absolute Gasteiger partial charge is 0.326 e. The lowest BCUT2D eigenvalue weighted by molar-refractivity contribution is -0.142. The number of hydrogen-bond acceptors (Lipinski definition) is 2. The monoisotopic (exact) mass is 310 g/mol. The number of carboxylic acids is 1. The van der Waals surface area contributed by atoms with Crippen LogP contribution in [0.5, 0.6) is 0 Å². The molecule has 2 rings (SSSR count). The molecule has 1 aromatic rings. The molecule has 1 unspecified atom stereocenters. The maximum absolute atomic E-state index is 12.3. The number of carbonyl (C=O) groups excluding carboxylic acids is 1. The van der Waals surface area contributed by atoms with E-state index in [2.05, 4.69) is 5.32 Å². The van der Waals surface area contributed by atoms with Gasteiger partial charge >= 0.3 is 12.0 Å². The van der Waals surface area contributed by atoms with E-state index in [1.54, 1.807) is 12.1 Å². The molecule has 0 aliphatic carbocycles. The highest BCUT2D eigenvalue weighted by molar-refractivity contribution is 6.31. The molecule has 1 aromatic carbocycles. The van der Waals surface area contributed by atoms with Crippen LogP contribution in [0.15, 0.2) is 18.2 Å². The highest BCUT2D eigenvalue weighted by atomic mass is 35.5. The van der Waals surface area contributed by atoms with Crippen molar-refractivity contribution in [2.45, 2.75) is 38.6 Å². The highest BCUT2D eigenvalue weighted by Crippen LogP contribution is 2.22. The zero-order valence-corrected chi connectivity index (χ0v) is 12.7. The van der Waals surface area contributed by atoms with Gasteiger partial charge in [0.15, 0.2) is 0 Å². The second kappa shape index (κ2) is 6.80. The fourth-order valence-corrected chi connectivity index (χ4v) is 2.65. The summed E-state index contributed by atoms with van der Waals surface area (Å²) in [5.74, 6) is -0.950. The van der Waals surface area contributed by atoms with Crippen LogP contribution in [0.25, 0.3) is 0 Å². The first-order valence-electron chi connectivity index (χ1n) is 7.05. The fourth-order valence-electron chi connectivity index (χ4n) is 2.47. The summed E-state index contributed by atoms with van der Waals surface area (Å²) in [4.78, 5) is 25.1. The molecule has 6 heteroatoms. The Bertz CT molecular complexity index is 548. The topological polar surface area (TPSA) is 69.6 Å². The van der Waals surface area contributed by atoms with E-state index < -0.39 is 12.0 Å². The zero-order valence-electron chi connectivity index (χ0n) is 11.9. The van der Waals surface area contributed by atoms with Crippen LogP contribution in [0.4, 0.5) is 10.5 Å². The van der Waals surface area contributed by atoms with Crippen LogP contribution >= 0.6 is 11.6 Å². The number of nitrogens with one attached hydrogen (secondary N) is 1. The van der Waals surface area contributed by atoms with Crippen LogP contribution < -0.4 is 5.32 Å². The molecule has 1 saturated heterocycles. The van der Waals surface area contributed by atoms with E-state index in [1.165, 1.54) is 4.90 Å². The predicted octanol–water partition coefficient (Wildman–Crippen LogP) is 3.51. The van der Waals surface area contributed by atoms with Crippen LogP contribution in [0, 0.1) is 6.92 Å². The number of anilines is 1. The molecule has 0 saturated carbocycles. The number of carbonyl (C=O) groups is 2. The number of carboxylic acid groups (broad SMARTS) is 1. The SMILES string of the molecule is Cc1ccc(NC(=O)N2CCCCCC2C(=O)O)cc1Cl. The Labute approximate surface area is 128 Å². The number of amides is 2. The number of rotatable bonds is 2. The fraction of sp³-hybridized carbons (Fsp3) is 0.467. The first kappa shape index (κ1) is 15.6. The third kappa shape index (κ3) is 3.88. The normalized spacial score (nSPS) is 19.0. The summed E-state index contributed by atoms with van der Waals surface area (Å²) >= 11 is 6.03. The van der Waals surface area contributed by atoms with Crippen molar-refractivity contribution < 1.29 is 14.7 Å². The van der Waals surface area contributed by atoms with Crippen molar-refractivity contribution in [3.63, 3.8) is 0 Å². The molecule has 5 nitrogen and oxygen atoms in total. The first-order valence-corrected chi connectivity index (χ1v) is 7.43. The quantitative estimate of drug-likeness (QED) is 0.878. The standard InChI is InChI=1S/C15H19ClN2O3/c1-10-6-7-11(9-12(10)16)17-15(21)18-8-4-2-3-5-13(18)14(19)20/h6-7,9,13H,2-5,8H2,1H3,(H,17,21)(H,19,20). The van der Waals surface area contributed by atoms with Gasteiger partial charge in [-0.3, -0.25) is 0 Å². The molecule has 1 aliphatic heterocycles. The molecule has 1 atom stereocenters. The van der Waals surface area contributed by atoms with E-state index in [1.807, 2.05) is 13.0 Å². The van der Waals surface area contributed by atoms with Crippen molar-refractivity contribution in [2.75, 3.05) is 11.9 Å². The number of aryl methyl sites for hydroxylation is 1. The average molecular weight is 311 g/mol. The molecule has 2 N–H and O–H groups in total. The van der Waals surface area contributed by atoms with Crippen molar-refractivity contribution in [1.82, 2.24) is 4.90 Å². The molecule has 2 amide bonds. The van der Waals surface area contributed by atoms with Gasteiger partial charge in [-0.15, -0.1) is 0 Å². The van der Waals surface area contributed by atoms with Gasteiger partial charge in [0, 0.05) is 17.3 Å². The van der Waals surface area contributed by atoms with Gasteiger partial charge < -0.3 is 15.3 Å². The lowest BCUT2D eigenvalue weighted by Gasteiger charge is -2.27. The van der Waals surface area contributed by atoms with Crippen molar-refractivity contribution in [1.29, 1.82) is 0 Å². The van der Waals surface area contributed by atoms with Gasteiger partial charge in [-0.05, 0) is 37.5 Å². The van der Waals surface area contributed by atoms with E-state index in [4.69, 9.17) is 11.6 Å². The lowest BCUT2D eigenvalue weighted by Crippen LogP contribution is -2.46. The van der Waals surface area contributed by atoms with Gasteiger partial charge in [-0.2, -0.15) is 0 Å². The molecule has 0 radical (unpaired) electrons. The minimum atomic E-state index is -0.950. The second-order valence-corrected chi connectivity index (χ2v) is 5.70. The number of benzene rings is 1. The number of urea groups is 1.